The van der Waals surface area contributed by atoms with E-state index >= 15 is 0 Å². The molecule has 0 N–H and O–H groups in total. The molecule has 0 aliphatic carbocycles. The number of ether oxygens (including phenoxy) is 2. The molecular weight excluding hydrogens is 368 g/mol. The minimum atomic E-state index is -3.50. The van der Waals surface area contributed by atoms with Gasteiger partial charge in [-0.3, -0.25) is 0 Å². The van der Waals surface area contributed by atoms with Crippen molar-refractivity contribution in [3.05, 3.63) is 30.4 Å². The van der Waals surface area contributed by atoms with E-state index in [-0.39, 0.29) is 11.5 Å². The third-order valence-electron chi connectivity index (χ3n) is 4.85. The van der Waals surface area contributed by atoms with Crippen LogP contribution in [0.5, 0.6) is 0 Å². The van der Waals surface area contributed by atoms with Crippen LogP contribution in [0.1, 0.15) is 12.2 Å². The average Bonchev–Trinajstić information content (AvgIpc) is 3.25. The number of aromatic nitrogens is 3. The van der Waals surface area contributed by atoms with Gasteiger partial charge in [-0.05, 0) is 25.5 Å². The van der Waals surface area contributed by atoms with E-state index in [1.807, 2.05) is 4.90 Å². The van der Waals surface area contributed by atoms with Crippen molar-refractivity contribution >= 4 is 15.7 Å². The lowest BCUT2D eigenvalue weighted by molar-refractivity contribution is 0.122. The quantitative estimate of drug-likeness (QED) is 0.770. The Bertz CT molecular complexity index is 905. The molecule has 8 nitrogen and oxygen atoms in total. The van der Waals surface area contributed by atoms with E-state index in [0.29, 0.717) is 62.2 Å². The molecule has 2 saturated heterocycles. The Hall–Kier alpha value is -2.10. The maximum Gasteiger partial charge on any atom is 0.183 e. The largest absolute Gasteiger partial charge is 0.380 e. The van der Waals surface area contributed by atoms with Crippen molar-refractivity contribution in [1.29, 1.82) is 0 Å². The summed E-state index contributed by atoms with van der Waals surface area (Å²) in [7, 11) is -3.50. The lowest BCUT2D eigenvalue weighted by Crippen LogP contribution is -2.37. The van der Waals surface area contributed by atoms with Crippen LogP contribution in [-0.2, 0) is 19.3 Å². The van der Waals surface area contributed by atoms with Crippen LogP contribution >= 0.6 is 0 Å². The number of morpholine rings is 1. The second kappa shape index (κ2) is 7.49. The molecule has 4 heterocycles. The summed E-state index contributed by atoms with van der Waals surface area (Å²) in [6.45, 7) is 5.05. The fraction of sp³-hybridized carbons (Fsp3) is 0.500. The van der Waals surface area contributed by atoms with Crippen molar-refractivity contribution in [3.8, 4) is 11.3 Å². The van der Waals surface area contributed by atoms with E-state index in [1.54, 1.807) is 31.5 Å². The van der Waals surface area contributed by atoms with Crippen molar-refractivity contribution in [2.24, 2.45) is 0 Å². The standard InChI is InChI=1S/C18H22N4O4S/c1-13-19-10-14(11-20-13)17-8-16(27(23,24)15-2-5-26-12-15)9-18(21-17)22-3-6-25-7-4-22/h8-11,15H,2-7,12H2,1H3/t15-/m0/s1. The first-order chi connectivity index (χ1) is 13.0. The first-order valence-electron chi connectivity index (χ1n) is 8.99. The first-order valence-corrected chi connectivity index (χ1v) is 10.5. The summed E-state index contributed by atoms with van der Waals surface area (Å²) in [6, 6.07) is 3.28. The van der Waals surface area contributed by atoms with Gasteiger partial charge in [-0.1, -0.05) is 0 Å². The van der Waals surface area contributed by atoms with Crippen molar-refractivity contribution in [1.82, 2.24) is 15.0 Å². The number of aryl methyl sites for hydroxylation is 1. The Balaban J connectivity index is 1.79. The Morgan fingerprint density at radius 3 is 2.48 bits per heavy atom. The Morgan fingerprint density at radius 1 is 1.07 bits per heavy atom. The molecule has 1 atom stereocenters. The number of pyridine rings is 1. The monoisotopic (exact) mass is 390 g/mol. The van der Waals surface area contributed by atoms with E-state index in [9.17, 15) is 8.42 Å². The highest BCUT2D eigenvalue weighted by Gasteiger charge is 2.32. The van der Waals surface area contributed by atoms with E-state index in [2.05, 4.69) is 9.97 Å². The van der Waals surface area contributed by atoms with Gasteiger partial charge in [0.25, 0.3) is 0 Å². The minimum absolute atomic E-state index is 0.237. The van der Waals surface area contributed by atoms with Crippen LogP contribution in [-0.4, -0.2) is 68.1 Å². The van der Waals surface area contributed by atoms with Crippen molar-refractivity contribution in [2.45, 2.75) is 23.5 Å². The van der Waals surface area contributed by atoms with Gasteiger partial charge in [-0.15, -0.1) is 0 Å². The van der Waals surface area contributed by atoms with Crippen LogP contribution in [0.3, 0.4) is 0 Å². The molecule has 0 unspecified atom stereocenters. The van der Waals surface area contributed by atoms with Gasteiger partial charge in [0.05, 0.1) is 35.7 Å². The Morgan fingerprint density at radius 2 is 1.81 bits per heavy atom. The second-order valence-electron chi connectivity index (χ2n) is 6.70. The predicted molar refractivity (Wildman–Crippen MR) is 99.4 cm³/mol. The smallest absolute Gasteiger partial charge is 0.183 e. The molecule has 2 fully saturated rings. The van der Waals surface area contributed by atoms with Gasteiger partial charge < -0.3 is 14.4 Å². The lowest BCUT2D eigenvalue weighted by Gasteiger charge is -2.28. The number of anilines is 1. The summed E-state index contributed by atoms with van der Waals surface area (Å²) in [5.74, 6) is 1.29. The molecular formula is C18H22N4O4S. The molecule has 2 aromatic rings. The van der Waals surface area contributed by atoms with E-state index < -0.39 is 15.1 Å². The summed E-state index contributed by atoms with van der Waals surface area (Å²) < 4.78 is 37.0. The molecule has 0 aromatic carbocycles. The molecule has 27 heavy (non-hydrogen) atoms. The van der Waals surface area contributed by atoms with Gasteiger partial charge in [0.1, 0.15) is 11.6 Å². The van der Waals surface area contributed by atoms with Gasteiger partial charge in [0.2, 0.25) is 0 Å². The average molecular weight is 390 g/mol. The second-order valence-corrected chi connectivity index (χ2v) is 8.92. The number of nitrogens with zero attached hydrogens (tertiary/aromatic N) is 4. The maximum absolute atomic E-state index is 13.1. The number of sulfone groups is 1. The summed E-state index contributed by atoms with van der Waals surface area (Å²) in [4.78, 5) is 15.4. The highest BCUT2D eigenvalue weighted by molar-refractivity contribution is 7.92. The van der Waals surface area contributed by atoms with E-state index in [0.717, 1.165) is 0 Å². The number of hydrogen-bond donors (Lipinski definition) is 0. The topological polar surface area (TPSA) is 94.5 Å². The highest BCUT2D eigenvalue weighted by Crippen LogP contribution is 2.29. The summed E-state index contributed by atoms with van der Waals surface area (Å²) in [5, 5.41) is -0.514. The molecule has 2 aromatic heterocycles. The van der Waals surface area contributed by atoms with Crippen LogP contribution in [0.2, 0.25) is 0 Å². The molecule has 4 rings (SSSR count). The predicted octanol–water partition coefficient (Wildman–Crippen LogP) is 1.25. The molecule has 0 amide bonds. The Kier molecular flexibility index (Phi) is 5.07. The van der Waals surface area contributed by atoms with E-state index in [4.69, 9.17) is 14.5 Å². The fourth-order valence-electron chi connectivity index (χ4n) is 3.23. The third kappa shape index (κ3) is 3.80. The third-order valence-corrected chi connectivity index (χ3v) is 6.99. The highest BCUT2D eigenvalue weighted by atomic mass is 32.2. The van der Waals surface area contributed by atoms with Crippen molar-refractivity contribution in [3.63, 3.8) is 0 Å². The van der Waals surface area contributed by atoms with Gasteiger partial charge in [0, 0.05) is 37.7 Å². The molecule has 0 saturated carbocycles. The number of hydrogen-bond acceptors (Lipinski definition) is 8. The molecule has 0 bridgehead atoms. The molecule has 2 aliphatic heterocycles. The first kappa shape index (κ1) is 18.3. The zero-order chi connectivity index (χ0) is 18.9. The minimum Gasteiger partial charge on any atom is -0.380 e. The zero-order valence-corrected chi connectivity index (χ0v) is 16.0. The normalized spacial score (nSPS) is 20.8. The van der Waals surface area contributed by atoms with Gasteiger partial charge in [-0.2, -0.15) is 0 Å². The van der Waals surface area contributed by atoms with E-state index in [1.165, 1.54) is 0 Å². The summed E-state index contributed by atoms with van der Waals surface area (Å²) in [5.41, 5.74) is 1.24. The lowest BCUT2D eigenvalue weighted by atomic mass is 10.2. The van der Waals surface area contributed by atoms with Crippen LogP contribution < -0.4 is 4.90 Å². The van der Waals surface area contributed by atoms with Crippen molar-refractivity contribution < 1.29 is 17.9 Å². The molecule has 2 aliphatic rings. The fourth-order valence-corrected chi connectivity index (χ4v) is 4.85. The number of rotatable bonds is 4. The van der Waals surface area contributed by atoms with Crippen LogP contribution in [0.15, 0.2) is 29.4 Å². The summed E-state index contributed by atoms with van der Waals surface area (Å²) >= 11 is 0. The van der Waals surface area contributed by atoms with Crippen LogP contribution in [0, 0.1) is 6.92 Å². The Labute approximate surface area is 158 Å². The molecule has 144 valence electrons. The SMILES string of the molecule is Cc1ncc(-c2cc(S(=O)(=O)[C@H]3CCOC3)cc(N3CCOCC3)n2)cn1. The van der Waals surface area contributed by atoms with Gasteiger partial charge >= 0.3 is 0 Å². The zero-order valence-electron chi connectivity index (χ0n) is 15.2. The molecule has 0 radical (unpaired) electrons. The van der Waals surface area contributed by atoms with Crippen molar-refractivity contribution in [2.75, 3.05) is 44.4 Å². The summed E-state index contributed by atoms with van der Waals surface area (Å²) in [6.07, 6.45) is 3.85. The molecule has 0 spiro atoms. The van der Waals surface area contributed by atoms with Gasteiger partial charge in [-0.25, -0.2) is 23.4 Å². The van der Waals surface area contributed by atoms with Crippen LogP contribution in [0.25, 0.3) is 11.3 Å². The van der Waals surface area contributed by atoms with Gasteiger partial charge in [0.15, 0.2) is 9.84 Å². The maximum atomic E-state index is 13.1. The van der Waals surface area contributed by atoms with Crippen LogP contribution in [0.4, 0.5) is 5.82 Å². The molecule has 9 heteroatoms.